The number of fused-ring (bicyclic) bond motifs is 2. The van der Waals surface area contributed by atoms with E-state index in [-0.39, 0.29) is 77.5 Å². The second kappa shape index (κ2) is 12.6. The van der Waals surface area contributed by atoms with Crippen molar-refractivity contribution in [2.75, 3.05) is 44.7 Å². The molecule has 4 heterocycles. The second-order valence-electron chi connectivity index (χ2n) is 11.4. The van der Waals surface area contributed by atoms with Crippen LogP contribution in [-0.4, -0.2) is 82.6 Å². The summed E-state index contributed by atoms with van der Waals surface area (Å²) in [4.78, 5) is 41.5. The first-order chi connectivity index (χ1) is 22.1. The first-order valence-electron chi connectivity index (χ1n) is 14.7. The SMILES string of the molecule is C=C(F)C(=O)N1CCN(c2nc(OC[C@@H]3CCCN3C)nc3c(F)c(-c4[nH]c(=O)cc5cccc(Cl)c45)c(F)cc23)C[C@@H]1CC#N. The summed E-state index contributed by atoms with van der Waals surface area (Å²) in [6.45, 7) is 4.33. The van der Waals surface area contributed by atoms with Crippen LogP contribution < -0.4 is 15.2 Å². The molecule has 0 saturated carbocycles. The number of hydrogen-bond acceptors (Lipinski definition) is 8. The number of nitrogens with zero attached hydrogens (tertiary/aromatic N) is 6. The van der Waals surface area contributed by atoms with Crippen molar-refractivity contribution in [3.8, 4) is 23.3 Å². The van der Waals surface area contributed by atoms with Gasteiger partial charge in [-0.15, -0.1) is 0 Å². The fraction of sp³-hybridized carbons (Fsp3) is 0.344. The average Bonchev–Trinajstić information content (AvgIpc) is 3.43. The van der Waals surface area contributed by atoms with Gasteiger partial charge in [0, 0.05) is 42.5 Å². The van der Waals surface area contributed by atoms with Crippen LogP contribution in [0.15, 0.2) is 47.5 Å². The zero-order chi connectivity index (χ0) is 32.7. The van der Waals surface area contributed by atoms with Gasteiger partial charge >= 0.3 is 6.01 Å². The van der Waals surface area contributed by atoms with Crippen LogP contribution in [0.2, 0.25) is 5.02 Å². The van der Waals surface area contributed by atoms with Gasteiger partial charge in [-0.1, -0.05) is 30.3 Å². The number of ether oxygens (including phenoxy) is 1. The number of carbonyl (C=O) groups is 1. The molecule has 0 unspecified atom stereocenters. The van der Waals surface area contributed by atoms with E-state index in [0.29, 0.717) is 5.39 Å². The number of anilines is 1. The molecule has 1 N–H and O–H groups in total. The Labute approximate surface area is 266 Å². The van der Waals surface area contributed by atoms with Crippen molar-refractivity contribution in [3.63, 3.8) is 0 Å². The monoisotopic (exact) mass is 651 g/mol. The quantitative estimate of drug-likeness (QED) is 0.279. The van der Waals surface area contributed by atoms with Crippen molar-refractivity contribution in [3.05, 3.63) is 69.7 Å². The number of pyridine rings is 1. The van der Waals surface area contributed by atoms with E-state index < -0.39 is 40.5 Å². The lowest BCUT2D eigenvalue weighted by molar-refractivity contribution is -0.131. The number of benzene rings is 2. The van der Waals surface area contributed by atoms with E-state index in [1.54, 1.807) is 23.1 Å². The molecule has 0 bridgehead atoms. The summed E-state index contributed by atoms with van der Waals surface area (Å²) in [6.07, 6.45) is 1.76. The van der Waals surface area contributed by atoms with Gasteiger partial charge in [0.15, 0.2) is 11.6 Å². The van der Waals surface area contributed by atoms with Gasteiger partial charge in [0.2, 0.25) is 5.56 Å². The first-order valence-corrected chi connectivity index (χ1v) is 15.1. The Morgan fingerprint density at radius 3 is 2.74 bits per heavy atom. The van der Waals surface area contributed by atoms with Gasteiger partial charge in [-0.3, -0.25) is 9.59 Å². The van der Waals surface area contributed by atoms with Crippen LogP contribution in [0.3, 0.4) is 0 Å². The molecule has 2 saturated heterocycles. The Morgan fingerprint density at radius 1 is 1.22 bits per heavy atom. The molecule has 46 heavy (non-hydrogen) atoms. The van der Waals surface area contributed by atoms with Crippen LogP contribution in [0.1, 0.15) is 19.3 Å². The summed E-state index contributed by atoms with van der Waals surface area (Å²) in [6, 6.07) is 8.34. The third kappa shape index (κ3) is 5.74. The number of amides is 1. The number of halogens is 4. The van der Waals surface area contributed by atoms with Gasteiger partial charge in [-0.05, 0) is 44.0 Å². The molecule has 0 aliphatic carbocycles. The fourth-order valence-electron chi connectivity index (χ4n) is 6.28. The summed E-state index contributed by atoms with van der Waals surface area (Å²) < 4.78 is 52.5. The molecule has 10 nitrogen and oxygen atoms in total. The van der Waals surface area contributed by atoms with Crippen LogP contribution in [0.5, 0.6) is 6.01 Å². The highest BCUT2D eigenvalue weighted by Gasteiger charge is 2.34. The molecule has 0 spiro atoms. The third-order valence-electron chi connectivity index (χ3n) is 8.60. The van der Waals surface area contributed by atoms with Crippen LogP contribution >= 0.6 is 11.6 Å². The maximum Gasteiger partial charge on any atom is 0.319 e. The highest BCUT2D eigenvalue weighted by atomic mass is 35.5. The number of likely N-dealkylation sites (N-methyl/N-ethyl adjacent to an activating group) is 1. The molecule has 2 aliphatic heterocycles. The lowest BCUT2D eigenvalue weighted by atomic mass is 10.0. The van der Waals surface area contributed by atoms with E-state index in [4.69, 9.17) is 16.3 Å². The number of H-pyrrole nitrogens is 1. The summed E-state index contributed by atoms with van der Waals surface area (Å²) in [5.74, 6) is -4.04. The number of nitrogens with one attached hydrogen (secondary N) is 1. The summed E-state index contributed by atoms with van der Waals surface area (Å²) in [5, 5.41) is 10.3. The fourth-order valence-corrected chi connectivity index (χ4v) is 6.56. The molecule has 0 radical (unpaired) electrons. The Kier molecular flexibility index (Phi) is 8.59. The van der Waals surface area contributed by atoms with Crippen LogP contribution in [-0.2, 0) is 4.79 Å². The molecule has 2 aromatic heterocycles. The number of likely N-dealkylation sites (tertiary alicyclic amines) is 1. The number of carbonyl (C=O) groups excluding carboxylic acids is 1. The summed E-state index contributed by atoms with van der Waals surface area (Å²) in [5.41, 5.74) is -1.53. The topological polar surface area (TPSA) is 118 Å². The van der Waals surface area contributed by atoms with Crippen LogP contribution in [0.4, 0.5) is 19.0 Å². The van der Waals surface area contributed by atoms with Crippen molar-refractivity contribution in [2.45, 2.75) is 31.3 Å². The van der Waals surface area contributed by atoms with Crippen molar-refractivity contribution in [1.29, 1.82) is 5.26 Å². The number of hydrogen-bond donors (Lipinski definition) is 1. The number of nitriles is 1. The maximum absolute atomic E-state index is 16.7. The highest BCUT2D eigenvalue weighted by Crippen LogP contribution is 2.39. The maximum atomic E-state index is 16.7. The van der Waals surface area contributed by atoms with Gasteiger partial charge in [-0.2, -0.15) is 15.2 Å². The third-order valence-corrected chi connectivity index (χ3v) is 8.92. The highest BCUT2D eigenvalue weighted by molar-refractivity contribution is 6.36. The Balaban J connectivity index is 1.51. The van der Waals surface area contributed by atoms with Crippen molar-refractivity contribution < 1.29 is 22.7 Å². The molecule has 2 fully saturated rings. The smallest absolute Gasteiger partial charge is 0.319 e. The molecular weight excluding hydrogens is 623 g/mol. The minimum Gasteiger partial charge on any atom is -0.462 e. The van der Waals surface area contributed by atoms with Gasteiger partial charge in [-0.25, -0.2) is 13.2 Å². The Bertz CT molecular complexity index is 1980. The molecular formula is C32H29ClF3N7O3. The largest absolute Gasteiger partial charge is 0.462 e. The normalized spacial score (nSPS) is 18.7. The average molecular weight is 652 g/mol. The van der Waals surface area contributed by atoms with Gasteiger partial charge in [0.1, 0.15) is 23.8 Å². The second-order valence-corrected chi connectivity index (χ2v) is 11.8. The van der Waals surface area contributed by atoms with Gasteiger partial charge < -0.3 is 24.4 Å². The van der Waals surface area contributed by atoms with Crippen molar-refractivity contribution in [1.82, 2.24) is 24.8 Å². The van der Waals surface area contributed by atoms with E-state index in [1.807, 2.05) is 13.1 Å². The minimum atomic E-state index is -1.15. The van der Waals surface area contributed by atoms with Crippen LogP contribution in [0, 0.1) is 23.0 Å². The van der Waals surface area contributed by atoms with E-state index in [1.165, 1.54) is 11.0 Å². The summed E-state index contributed by atoms with van der Waals surface area (Å²) in [7, 11) is 1.97. The Morgan fingerprint density at radius 2 is 2.02 bits per heavy atom. The molecule has 1 amide bonds. The van der Waals surface area contributed by atoms with E-state index in [0.717, 1.165) is 25.5 Å². The summed E-state index contributed by atoms with van der Waals surface area (Å²) >= 11 is 6.44. The van der Waals surface area contributed by atoms with Crippen molar-refractivity contribution in [2.24, 2.45) is 0 Å². The van der Waals surface area contributed by atoms with Gasteiger partial charge in [0.25, 0.3) is 5.91 Å². The van der Waals surface area contributed by atoms with Crippen LogP contribution in [0.25, 0.3) is 32.9 Å². The zero-order valence-electron chi connectivity index (χ0n) is 24.8. The molecule has 238 valence electrons. The predicted molar refractivity (Wildman–Crippen MR) is 167 cm³/mol. The lowest BCUT2D eigenvalue weighted by Crippen LogP contribution is -2.55. The van der Waals surface area contributed by atoms with E-state index in [9.17, 15) is 19.2 Å². The predicted octanol–water partition coefficient (Wildman–Crippen LogP) is 4.96. The molecule has 2 aromatic carbocycles. The lowest BCUT2D eigenvalue weighted by Gasteiger charge is -2.41. The molecule has 14 heteroatoms. The number of aromatic amines is 1. The number of aromatic nitrogens is 3. The van der Waals surface area contributed by atoms with Crippen molar-refractivity contribution >= 4 is 45.0 Å². The zero-order valence-corrected chi connectivity index (χ0v) is 25.6. The standard InChI is InChI=1S/C32H29ClF3N7O3/c1-17(34)31(45)43-12-11-42(15-19(43)8-9-37)30-21-14-23(35)26(29-25-18(13-24(44)38-29)5-3-7-22(25)33)27(36)28(21)39-32(40-30)46-16-20-6-4-10-41(20)2/h3,5,7,13-14,19-20H,1,4,6,8,10-12,15-16H2,2H3,(H,38,44)/t19-,20-/m0/s1. The Hall–Kier alpha value is -4.67. The number of piperazine rings is 1. The first kappa shape index (κ1) is 31.3. The van der Waals surface area contributed by atoms with Gasteiger partial charge in [0.05, 0.1) is 34.8 Å². The molecule has 4 aromatic rings. The van der Waals surface area contributed by atoms with E-state index >= 15 is 8.78 Å². The number of rotatable bonds is 7. The van der Waals surface area contributed by atoms with E-state index in [2.05, 4.69) is 26.4 Å². The minimum absolute atomic E-state index is 0.00145. The molecule has 2 atom stereocenters. The molecule has 2 aliphatic rings. The molecule has 6 rings (SSSR count).